The van der Waals surface area contributed by atoms with E-state index in [1.54, 1.807) is 7.11 Å². The Hall–Kier alpha value is -2.13. The number of hydrogen-bond acceptors (Lipinski definition) is 2. The van der Waals surface area contributed by atoms with Gasteiger partial charge in [0.25, 0.3) is 5.91 Å². The Bertz CT molecular complexity index is 654. The lowest BCUT2D eigenvalue weighted by Gasteiger charge is -2.33. The van der Waals surface area contributed by atoms with Crippen molar-refractivity contribution in [2.45, 2.75) is 25.4 Å². The van der Waals surface area contributed by atoms with Gasteiger partial charge in [-0.15, -0.1) is 0 Å². The number of carbonyl (C=O) groups is 1. The summed E-state index contributed by atoms with van der Waals surface area (Å²) in [6.07, 6.45) is 2.21. The third-order valence-electron chi connectivity index (χ3n) is 4.46. The fourth-order valence-corrected chi connectivity index (χ4v) is 3.30. The van der Waals surface area contributed by atoms with Gasteiger partial charge in [-0.2, -0.15) is 0 Å². The van der Waals surface area contributed by atoms with Crippen LogP contribution in [0, 0.1) is 0 Å². The zero-order valence-corrected chi connectivity index (χ0v) is 13.6. The molecule has 0 aliphatic carbocycles. The molecule has 1 aliphatic heterocycles. The van der Waals surface area contributed by atoms with Gasteiger partial charge in [0.1, 0.15) is 0 Å². The van der Waals surface area contributed by atoms with Crippen molar-refractivity contribution in [3.05, 3.63) is 71.3 Å². The first kappa shape index (κ1) is 15.8. The second-order valence-electron chi connectivity index (χ2n) is 6.13. The molecule has 1 aliphatic rings. The molecule has 0 spiro atoms. The maximum atomic E-state index is 12.8. The molecule has 3 rings (SSSR count). The quantitative estimate of drug-likeness (QED) is 0.858. The molecule has 0 saturated carbocycles. The first-order valence-corrected chi connectivity index (χ1v) is 8.20. The Labute approximate surface area is 137 Å². The number of nitrogens with zero attached hydrogens (tertiary/aromatic N) is 1. The molecule has 3 heteroatoms. The van der Waals surface area contributed by atoms with Gasteiger partial charge in [-0.1, -0.05) is 42.5 Å². The zero-order chi connectivity index (χ0) is 16.1. The van der Waals surface area contributed by atoms with Gasteiger partial charge in [-0.05, 0) is 36.1 Å². The number of rotatable bonds is 4. The van der Waals surface area contributed by atoms with Gasteiger partial charge in [0.15, 0.2) is 0 Å². The predicted molar refractivity (Wildman–Crippen MR) is 91.5 cm³/mol. The van der Waals surface area contributed by atoms with Crippen LogP contribution in [0.5, 0.6) is 0 Å². The molecular formula is C20H23NO2. The minimum absolute atomic E-state index is 0.128. The summed E-state index contributed by atoms with van der Waals surface area (Å²) in [5.74, 6) is 0.569. The molecule has 0 aromatic heterocycles. The largest absolute Gasteiger partial charge is 0.380 e. The predicted octanol–water partition coefficient (Wildman–Crippen LogP) is 3.85. The summed E-state index contributed by atoms with van der Waals surface area (Å²) in [4.78, 5) is 14.8. The maximum absolute atomic E-state index is 12.8. The van der Waals surface area contributed by atoms with Gasteiger partial charge >= 0.3 is 0 Å². The van der Waals surface area contributed by atoms with Gasteiger partial charge < -0.3 is 9.64 Å². The second kappa shape index (κ2) is 7.42. The number of likely N-dealkylation sites (tertiary alicyclic amines) is 1. The molecule has 2 aromatic carbocycles. The Morgan fingerprint density at radius 2 is 2.00 bits per heavy atom. The van der Waals surface area contributed by atoms with Gasteiger partial charge in [-0.3, -0.25) is 4.79 Å². The van der Waals surface area contributed by atoms with Crippen LogP contribution >= 0.6 is 0 Å². The zero-order valence-electron chi connectivity index (χ0n) is 13.6. The monoisotopic (exact) mass is 309 g/mol. The van der Waals surface area contributed by atoms with E-state index in [0.29, 0.717) is 12.5 Å². The summed E-state index contributed by atoms with van der Waals surface area (Å²) >= 11 is 0. The van der Waals surface area contributed by atoms with Crippen molar-refractivity contribution in [2.24, 2.45) is 0 Å². The number of amides is 1. The van der Waals surface area contributed by atoms with E-state index in [1.165, 1.54) is 5.56 Å². The van der Waals surface area contributed by atoms with Crippen molar-refractivity contribution >= 4 is 5.91 Å². The molecule has 0 bridgehead atoms. The number of ether oxygens (including phenoxy) is 1. The van der Waals surface area contributed by atoms with Crippen LogP contribution in [0.4, 0.5) is 0 Å². The lowest BCUT2D eigenvalue weighted by atomic mass is 9.90. The van der Waals surface area contributed by atoms with Crippen molar-refractivity contribution in [3.63, 3.8) is 0 Å². The van der Waals surface area contributed by atoms with Crippen LogP contribution in [-0.4, -0.2) is 31.0 Å². The molecule has 120 valence electrons. The van der Waals surface area contributed by atoms with E-state index in [4.69, 9.17) is 4.74 Å². The number of piperidine rings is 1. The number of carbonyl (C=O) groups excluding carboxylic acids is 1. The van der Waals surface area contributed by atoms with E-state index in [0.717, 1.165) is 37.1 Å². The lowest BCUT2D eigenvalue weighted by Crippen LogP contribution is -2.39. The van der Waals surface area contributed by atoms with E-state index in [9.17, 15) is 4.79 Å². The van der Waals surface area contributed by atoms with Crippen molar-refractivity contribution in [3.8, 4) is 0 Å². The van der Waals surface area contributed by atoms with Crippen LogP contribution in [-0.2, 0) is 11.3 Å². The molecule has 0 radical (unpaired) electrons. The van der Waals surface area contributed by atoms with E-state index >= 15 is 0 Å². The standard InChI is InChI=1S/C20H23NO2/c1-23-15-16-7-5-10-18(13-16)20(22)21-12-6-11-19(14-21)17-8-3-2-4-9-17/h2-5,7-10,13,19H,6,11-12,14-15H2,1H3/t19-/m0/s1. The minimum atomic E-state index is 0.128. The SMILES string of the molecule is COCc1cccc(C(=O)N2CCC[C@H](c3ccccc3)C2)c1. The molecule has 0 N–H and O–H groups in total. The number of benzene rings is 2. The molecule has 0 unspecified atom stereocenters. The topological polar surface area (TPSA) is 29.5 Å². The van der Waals surface area contributed by atoms with Crippen molar-refractivity contribution in [1.82, 2.24) is 4.90 Å². The summed E-state index contributed by atoms with van der Waals surface area (Å²) in [7, 11) is 1.67. The Balaban J connectivity index is 1.73. The van der Waals surface area contributed by atoms with E-state index in [2.05, 4.69) is 24.3 Å². The highest BCUT2D eigenvalue weighted by molar-refractivity contribution is 5.94. The molecule has 23 heavy (non-hydrogen) atoms. The van der Waals surface area contributed by atoms with Crippen LogP contribution in [0.1, 0.15) is 40.2 Å². The molecule has 3 nitrogen and oxygen atoms in total. The average molecular weight is 309 g/mol. The summed E-state index contributed by atoms with van der Waals surface area (Å²) in [5, 5.41) is 0. The molecule has 1 saturated heterocycles. The fraction of sp³-hybridized carbons (Fsp3) is 0.350. The molecule has 2 aromatic rings. The Morgan fingerprint density at radius 3 is 2.78 bits per heavy atom. The third kappa shape index (κ3) is 3.80. The average Bonchev–Trinajstić information content (AvgIpc) is 2.62. The lowest BCUT2D eigenvalue weighted by molar-refractivity contribution is 0.0707. The normalized spacial score (nSPS) is 18.0. The third-order valence-corrected chi connectivity index (χ3v) is 4.46. The minimum Gasteiger partial charge on any atom is -0.380 e. The van der Waals surface area contributed by atoms with Crippen molar-refractivity contribution in [2.75, 3.05) is 20.2 Å². The summed E-state index contributed by atoms with van der Waals surface area (Å²) in [5.41, 5.74) is 3.13. The molecule has 1 atom stereocenters. The highest BCUT2D eigenvalue weighted by Crippen LogP contribution is 2.27. The van der Waals surface area contributed by atoms with Crippen molar-refractivity contribution in [1.29, 1.82) is 0 Å². The van der Waals surface area contributed by atoms with Crippen LogP contribution in [0.15, 0.2) is 54.6 Å². The highest BCUT2D eigenvalue weighted by atomic mass is 16.5. The van der Waals surface area contributed by atoms with Crippen LogP contribution in [0.3, 0.4) is 0 Å². The smallest absolute Gasteiger partial charge is 0.253 e. The van der Waals surface area contributed by atoms with Gasteiger partial charge in [0.2, 0.25) is 0 Å². The highest BCUT2D eigenvalue weighted by Gasteiger charge is 2.25. The molecular weight excluding hydrogens is 286 g/mol. The first-order valence-electron chi connectivity index (χ1n) is 8.20. The van der Waals surface area contributed by atoms with Crippen LogP contribution < -0.4 is 0 Å². The molecule has 1 fully saturated rings. The Morgan fingerprint density at radius 1 is 1.17 bits per heavy atom. The number of hydrogen-bond donors (Lipinski definition) is 0. The van der Waals surface area contributed by atoms with Gasteiger partial charge in [0.05, 0.1) is 6.61 Å². The van der Waals surface area contributed by atoms with Gasteiger partial charge in [-0.25, -0.2) is 0 Å². The summed E-state index contributed by atoms with van der Waals surface area (Å²) in [6, 6.07) is 18.3. The summed E-state index contributed by atoms with van der Waals surface area (Å²) in [6.45, 7) is 2.18. The second-order valence-corrected chi connectivity index (χ2v) is 6.13. The maximum Gasteiger partial charge on any atom is 0.253 e. The van der Waals surface area contributed by atoms with E-state index in [-0.39, 0.29) is 5.91 Å². The van der Waals surface area contributed by atoms with E-state index in [1.807, 2.05) is 35.2 Å². The summed E-state index contributed by atoms with van der Waals surface area (Å²) < 4.78 is 5.16. The number of methoxy groups -OCH3 is 1. The van der Waals surface area contributed by atoms with Crippen molar-refractivity contribution < 1.29 is 9.53 Å². The van der Waals surface area contributed by atoms with Crippen LogP contribution in [0.25, 0.3) is 0 Å². The van der Waals surface area contributed by atoms with E-state index < -0.39 is 0 Å². The Kier molecular flexibility index (Phi) is 5.09. The van der Waals surface area contributed by atoms with Crippen LogP contribution in [0.2, 0.25) is 0 Å². The fourth-order valence-electron chi connectivity index (χ4n) is 3.30. The molecule has 1 heterocycles. The van der Waals surface area contributed by atoms with Gasteiger partial charge in [0, 0.05) is 31.7 Å². The first-order chi connectivity index (χ1) is 11.3. The molecule has 1 amide bonds.